The molecule has 152 valence electrons. The number of anilines is 1. The summed E-state index contributed by atoms with van der Waals surface area (Å²) >= 11 is 0. The summed E-state index contributed by atoms with van der Waals surface area (Å²) in [5.41, 5.74) is 4.66. The topological polar surface area (TPSA) is 86.9 Å². The first-order chi connectivity index (χ1) is 13.9. The zero-order valence-corrected chi connectivity index (χ0v) is 17.2. The first-order valence-electron chi connectivity index (χ1n) is 9.77. The molecule has 8 nitrogen and oxygen atoms in total. The van der Waals surface area contributed by atoms with E-state index in [-0.39, 0.29) is 5.56 Å². The van der Waals surface area contributed by atoms with Crippen LogP contribution in [0, 0.1) is 19.8 Å². The molecule has 1 fully saturated rings. The molecule has 2 unspecified atom stereocenters. The maximum atomic E-state index is 12.4. The van der Waals surface area contributed by atoms with E-state index in [9.17, 15) is 4.79 Å². The highest BCUT2D eigenvalue weighted by Crippen LogP contribution is 2.46. The van der Waals surface area contributed by atoms with Gasteiger partial charge in [-0.3, -0.25) is 14.5 Å². The van der Waals surface area contributed by atoms with Gasteiger partial charge in [0.2, 0.25) is 5.88 Å². The Morgan fingerprint density at radius 1 is 1.21 bits per heavy atom. The first kappa shape index (κ1) is 19.2. The summed E-state index contributed by atoms with van der Waals surface area (Å²) in [4.78, 5) is 16.9. The van der Waals surface area contributed by atoms with Gasteiger partial charge < -0.3 is 10.1 Å². The van der Waals surface area contributed by atoms with E-state index in [0.717, 1.165) is 28.9 Å². The van der Waals surface area contributed by atoms with Crippen LogP contribution in [0.2, 0.25) is 0 Å². The van der Waals surface area contributed by atoms with Gasteiger partial charge in [0.05, 0.1) is 25.0 Å². The molecule has 1 aliphatic rings. The van der Waals surface area contributed by atoms with E-state index in [1.165, 1.54) is 4.68 Å². The molecule has 4 rings (SSSR count). The minimum atomic E-state index is -0.190. The number of aryl methyl sites for hydroxylation is 4. The van der Waals surface area contributed by atoms with Crippen LogP contribution >= 0.6 is 0 Å². The van der Waals surface area contributed by atoms with Crippen LogP contribution in [0.15, 0.2) is 35.4 Å². The molecule has 0 saturated heterocycles. The zero-order chi connectivity index (χ0) is 20.5. The summed E-state index contributed by atoms with van der Waals surface area (Å²) in [6.45, 7) is 5.10. The van der Waals surface area contributed by atoms with Crippen molar-refractivity contribution in [3.05, 3.63) is 63.5 Å². The second-order valence-electron chi connectivity index (χ2n) is 7.75. The van der Waals surface area contributed by atoms with E-state index in [4.69, 9.17) is 4.74 Å². The number of aromatic nitrogens is 5. The van der Waals surface area contributed by atoms with Gasteiger partial charge in [-0.05, 0) is 37.5 Å². The highest BCUT2D eigenvalue weighted by molar-refractivity contribution is 5.44. The summed E-state index contributed by atoms with van der Waals surface area (Å²) in [6.07, 6.45) is 4.78. The Morgan fingerprint density at radius 2 is 2.03 bits per heavy atom. The van der Waals surface area contributed by atoms with Gasteiger partial charge in [0.25, 0.3) is 5.56 Å². The lowest BCUT2D eigenvalue weighted by atomic mass is 10.2. The number of ether oxygens (including phenoxy) is 1. The first-order valence-corrected chi connectivity index (χ1v) is 9.77. The molecule has 0 radical (unpaired) electrons. The number of pyridine rings is 1. The molecule has 3 heterocycles. The second-order valence-corrected chi connectivity index (χ2v) is 7.75. The quantitative estimate of drug-likeness (QED) is 0.662. The van der Waals surface area contributed by atoms with Gasteiger partial charge in [-0.1, -0.05) is 6.07 Å². The van der Waals surface area contributed by atoms with Crippen molar-refractivity contribution in [2.45, 2.75) is 32.7 Å². The van der Waals surface area contributed by atoms with Crippen molar-refractivity contribution in [2.75, 3.05) is 11.9 Å². The van der Waals surface area contributed by atoms with Crippen molar-refractivity contribution in [1.82, 2.24) is 24.5 Å². The molecule has 2 atom stereocenters. The lowest BCUT2D eigenvalue weighted by Gasteiger charge is -2.11. The third kappa shape index (κ3) is 4.16. The molecule has 0 amide bonds. The maximum Gasteiger partial charge on any atom is 0.290 e. The fraction of sp³-hybridized carbons (Fsp3) is 0.429. The second kappa shape index (κ2) is 7.69. The molecule has 29 heavy (non-hydrogen) atoms. The number of hydrogen-bond acceptors (Lipinski definition) is 6. The third-order valence-electron chi connectivity index (χ3n) is 5.44. The summed E-state index contributed by atoms with van der Waals surface area (Å²) < 4.78 is 9.02. The fourth-order valence-electron chi connectivity index (χ4n) is 3.47. The van der Waals surface area contributed by atoms with Crippen molar-refractivity contribution < 1.29 is 4.74 Å². The van der Waals surface area contributed by atoms with Crippen LogP contribution in [0.4, 0.5) is 5.69 Å². The van der Waals surface area contributed by atoms with Gasteiger partial charge in [-0.2, -0.15) is 5.10 Å². The Hall–Kier alpha value is -3.16. The molecular formula is C21H26N6O2. The lowest BCUT2D eigenvalue weighted by molar-refractivity contribution is 0.278. The predicted molar refractivity (Wildman–Crippen MR) is 110 cm³/mol. The van der Waals surface area contributed by atoms with E-state index in [1.807, 2.05) is 33.3 Å². The van der Waals surface area contributed by atoms with Crippen molar-refractivity contribution >= 4 is 5.69 Å². The average Bonchev–Trinajstić information content (AvgIpc) is 3.41. The SMILES string of the molecule is Cc1ccc(C2CC2COc2cc(NCc3c(C)cnn3C)c(=O)n(C)n2)nc1. The largest absolute Gasteiger partial charge is 0.476 e. The minimum absolute atomic E-state index is 0.190. The minimum Gasteiger partial charge on any atom is -0.476 e. The molecule has 1 saturated carbocycles. The molecule has 0 bridgehead atoms. The molecular weight excluding hydrogens is 368 g/mol. The molecule has 1 N–H and O–H groups in total. The number of hydrogen-bond donors (Lipinski definition) is 1. The van der Waals surface area contributed by atoms with Gasteiger partial charge in [0.1, 0.15) is 5.69 Å². The van der Waals surface area contributed by atoms with E-state index >= 15 is 0 Å². The lowest BCUT2D eigenvalue weighted by Crippen LogP contribution is -2.24. The van der Waals surface area contributed by atoms with Crippen LogP contribution in [0.3, 0.4) is 0 Å². The van der Waals surface area contributed by atoms with Gasteiger partial charge in [0.15, 0.2) is 0 Å². The maximum absolute atomic E-state index is 12.4. The van der Waals surface area contributed by atoms with Crippen LogP contribution in [0.25, 0.3) is 0 Å². The average molecular weight is 394 g/mol. The fourth-order valence-corrected chi connectivity index (χ4v) is 3.47. The van der Waals surface area contributed by atoms with Crippen molar-refractivity contribution in [2.24, 2.45) is 20.0 Å². The smallest absolute Gasteiger partial charge is 0.290 e. The molecule has 3 aromatic rings. The van der Waals surface area contributed by atoms with Crippen LogP contribution in [-0.4, -0.2) is 31.2 Å². The Kier molecular flexibility index (Phi) is 5.08. The van der Waals surface area contributed by atoms with Gasteiger partial charge in [-0.25, -0.2) is 4.68 Å². The van der Waals surface area contributed by atoms with E-state index in [2.05, 4.69) is 32.6 Å². The molecule has 3 aromatic heterocycles. The summed E-state index contributed by atoms with van der Waals surface area (Å²) in [5, 5.41) is 11.7. The Bertz CT molecular complexity index is 1050. The molecule has 1 aliphatic carbocycles. The van der Waals surface area contributed by atoms with Crippen LogP contribution in [-0.2, 0) is 20.6 Å². The van der Waals surface area contributed by atoms with Gasteiger partial charge in [0, 0.05) is 43.9 Å². The highest BCUT2D eigenvalue weighted by atomic mass is 16.5. The van der Waals surface area contributed by atoms with Crippen molar-refractivity contribution in [3.63, 3.8) is 0 Å². The Morgan fingerprint density at radius 3 is 2.72 bits per heavy atom. The van der Waals surface area contributed by atoms with Crippen molar-refractivity contribution in [1.29, 1.82) is 0 Å². The van der Waals surface area contributed by atoms with E-state index < -0.39 is 0 Å². The Balaban J connectivity index is 1.40. The zero-order valence-electron chi connectivity index (χ0n) is 17.2. The van der Waals surface area contributed by atoms with Crippen LogP contribution in [0.1, 0.15) is 34.9 Å². The van der Waals surface area contributed by atoms with Gasteiger partial charge >= 0.3 is 0 Å². The normalized spacial score (nSPS) is 17.9. The molecule has 0 aromatic carbocycles. The van der Waals surface area contributed by atoms with Crippen molar-refractivity contribution in [3.8, 4) is 5.88 Å². The number of nitrogens with one attached hydrogen (secondary N) is 1. The Labute approximate surface area is 169 Å². The monoisotopic (exact) mass is 394 g/mol. The van der Waals surface area contributed by atoms with Crippen LogP contribution < -0.4 is 15.6 Å². The summed E-state index contributed by atoms with van der Waals surface area (Å²) in [7, 11) is 3.52. The molecule has 0 aliphatic heterocycles. The molecule has 8 heteroatoms. The predicted octanol–water partition coefficient (Wildman–Crippen LogP) is 2.32. The highest BCUT2D eigenvalue weighted by Gasteiger charge is 2.40. The van der Waals surface area contributed by atoms with E-state index in [1.54, 1.807) is 17.8 Å². The number of rotatable bonds is 7. The third-order valence-corrected chi connectivity index (χ3v) is 5.44. The standard InChI is InChI=1S/C21H26N6O2/c1-13-5-6-17(22-9-13)16-7-15(16)12-29-20-8-18(21(28)27(4)25-20)23-11-19-14(2)10-24-26(19)3/h5-6,8-10,15-16,23H,7,11-12H2,1-4H3. The molecule has 0 spiro atoms. The number of nitrogens with zero attached hydrogens (tertiary/aromatic N) is 5. The van der Waals surface area contributed by atoms with E-state index in [0.29, 0.717) is 36.6 Å². The summed E-state index contributed by atoms with van der Waals surface area (Å²) in [6, 6.07) is 5.86. The van der Waals surface area contributed by atoms with Crippen LogP contribution in [0.5, 0.6) is 5.88 Å². The summed E-state index contributed by atoms with van der Waals surface area (Å²) in [5.74, 6) is 1.31. The van der Waals surface area contributed by atoms with Gasteiger partial charge in [-0.15, -0.1) is 5.10 Å².